The molecule has 1 aliphatic rings. The SMILES string of the molecule is CC1(C(N)CCCC(F)(F)F)CCCCC1. The molecule has 0 spiro atoms. The maximum atomic E-state index is 12.0. The van der Waals surface area contributed by atoms with Crippen LogP contribution in [0.5, 0.6) is 0 Å². The van der Waals surface area contributed by atoms with E-state index in [1.165, 1.54) is 19.3 Å². The van der Waals surface area contributed by atoms with Gasteiger partial charge in [-0.1, -0.05) is 26.2 Å². The number of alkyl halides is 3. The van der Waals surface area contributed by atoms with E-state index in [-0.39, 0.29) is 17.9 Å². The van der Waals surface area contributed by atoms with E-state index in [1.54, 1.807) is 0 Å². The third-order valence-corrected chi connectivity index (χ3v) is 3.87. The summed E-state index contributed by atoms with van der Waals surface area (Å²) in [6.07, 6.45) is 1.65. The fraction of sp³-hybridized carbons (Fsp3) is 1.00. The van der Waals surface area contributed by atoms with E-state index in [9.17, 15) is 13.2 Å². The van der Waals surface area contributed by atoms with Gasteiger partial charge in [0.05, 0.1) is 0 Å². The van der Waals surface area contributed by atoms with Gasteiger partial charge in [-0.05, 0) is 31.1 Å². The molecular formula is C12H22F3N. The standard InChI is InChI=1S/C12H22F3N/c1-11(7-3-2-4-8-11)10(16)6-5-9-12(13,14)15/h10H,2-9,16H2,1H3. The Morgan fingerprint density at radius 1 is 1.19 bits per heavy atom. The highest BCUT2D eigenvalue weighted by Gasteiger charge is 2.34. The van der Waals surface area contributed by atoms with Crippen molar-refractivity contribution in [2.24, 2.45) is 11.1 Å². The lowest BCUT2D eigenvalue weighted by atomic mass is 9.69. The van der Waals surface area contributed by atoms with Crippen molar-refractivity contribution >= 4 is 0 Å². The molecule has 1 atom stereocenters. The van der Waals surface area contributed by atoms with Gasteiger partial charge >= 0.3 is 6.18 Å². The predicted molar refractivity (Wildman–Crippen MR) is 59.1 cm³/mol. The largest absolute Gasteiger partial charge is 0.389 e. The van der Waals surface area contributed by atoms with Gasteiger partial charge in [0.25, 0.3) is 0 Å². The van der Waals surface area contributed by atoms with Gasteiger partial charge in [-0.15, -0.1) is 0 Å². The van der Waals surface area contributed by atoms with Gasteiger partial charge in [0, 0.05) is 12.5 Å². The molecule has 1 saturated carbocycles. The Morgan fingerprint density at radius 2 is 1.75 bits per heavy atom. The van der Waals surface area contributed by atoms with Crippen LogP contribution in [0, 0.1) is 5.41 Å². The minimum absolute atomic E-state index is 0.0733. The third kappa shape index (κ3) is 4.32. The molecule has 0 bridgehead atoms. The van der Waals surface area contributed by atoms with E-state index < -0.39 is 12.6 Å². The normalized spacial score (nSPS) is 23.1. The summed E-state index contributed by atoms with van der Waals surface area (Å²) in [6.45, 7) is 2.13. The molecule has 0 saturated heterocycles. The highest BCUT2D eigenvalue weighted by atomic mass is 19.4. The molecule has 0 aromatic heterocycles. The van der Waals surface area contributed by atoms with Crippen LogP contribution >= 0.6 is 0 Å². The van der Waals surface area contributed by atoms with Crippen LogP contribution in [0.3, 0.4) is 0 Å². The molecule has 2 N–H and O–H groups in total. The van der Waals surface area contributed by atoms with Crippen molar-refractivity contribution in [1.82, 2.24) is 0 Å². The number of nitrogens with two attached hydrogens (primary N) is 1. The second-order valence-electron chi connectivity index (χ2n) is 5.33. The van der Waals surface area contributed by atoms with Gasteiger partial charge in [0.2, 0.25) is 0 Å². The minimum Gasteiger partial charge on any atom is -0.327 e. The zero-order chi connectivity index (χ0) is 12.2. The summed E-state index contributed by atoms with van der Waals surface area (Å²) in [5.41, 5.74) is 6.12. The van der Waals surface area contributed by atoms with E-state index in [0.717, 1.165) is 12.8 Å². The van der Waals surface area contributed by atoms with Gasteiger partial charge in [0.15, 0.2) is 0 Å². The average molecular weight is 237 g/mol. The van der Waals surface area contributed by atoms with Crippen molar-refractivity contribution in [2.75, 3.05) is 0 Å². The molecule has 0 amide bonds. The van der Waals surface area contributed by atoms with Crippen LogP contribution in [0.4, 0.5) is 13.2 Å². The van der Waals surface area contributed by atoms with Crippen molar-refractivity contribution in [1.29, 1.82) is 0 Å². The summed E-state index contributed by atoms with van der Waals surface area (Å²) in [5, 5.41) is 0. The van der Waals surface area contributed by atoms with Gasteiger partial charge < -0.3 is 5.73 Å². The lowest BCUT2D eigenvalue weighted by Crippen LogP contribution is -2.41. The Morgan fingerprint density at radius 3 is 2.25 bits per heavy atom. The van der Waals surface area contributed by atoms with E-state index in [0.29, 0.717) is 6.42 Å². The first-order chi connectivity index (χ1) is 7.33. The Kier molecular flexibility index (Phi) is 4.65. The summed E-state index contributed by atoms with van der Waals surface area (Å²) >= 11 is 0. The van der Waals surface area contributed by atoms with Crippen molar-refractivity contribution < 1.29 is 13.2 Å². The summed E-state index contributed by atoms with van der Waals surface area (Å²) in [5.74, 6) is 0. The van der Waals surface area contributed by atoms with Crippen LogP contribution in [-0.4, -0.2) is 12.2 Å². The number of hydrogen-bond donors (Lipinski definition) is 1. The fourth-order valence-corrected chi connectivity index (χ4v) is 2.60. The van der Waals surface area contributed by atoms with E-state index in [2.05, 4.69) is 6.92 Å². The molecular weight excluding hydrogens is 215 g/mol. The van der Waals surface area contributed by atoms with E-state index in [1.807, 2.05) is 0 Å². The van der Waals surface area contributed by atoms with Crippen LogP contribution in [0.2, 0.25) is 0 Å². The van der Waals surface area contributed by atoms with Crippen LogP contribution in [-0.2, 0) is 0 Å². The summed E-state index contributed by atoms with van der Waals surface area (Å²) < 4.78 is 36.0. The van der Waals surface area contributed by atoms with Crippen molar-refractivity contribution in [2.45, 2.75) is 70.5 Å². The highest BCUT2D eigenvalue weighted by Crippen LogP contribution is 2.39. The molecule has 0 radical (unpaired) electrons. The monoisotopic (exact) mass is 237 g/mol. The summed E-state index contributed by atoms with van der Waals surface area (Å²) in [4.78, 5) is 0. The molecule has 1 nitrogen and oxygen atoms in total. The number of hydrogen-bond acceptors (Lipinski definition) is 1. The molecule has 4 heteroatoms. The van der Waals surface area contributed by atoms with Crippen LogP contribution in [0.15, 0.2) is 0 Å². The van der Waals surface area contributed by atoms with E-state index >= 15 is 0 Å². The second kappa shape index (κ2) is 5.39. The maximum Gasteiger partial charge on any atom is 0.389 e. The molecule has 1 aliphatic carbocycles. The average Bonchev–Trinajstić information content (AvgIpc) is 2.16. The highest BCUT2D eigenvalue weighted by molar-refractivity contribution is 4.87. The topological polar surface area (TPSA) is 26.0 Å². The maximum absolute atomic E-state index is 12.0. The lowest BCUT2D eigenvalue weighted by molar-refractivity contribution is -0.136. The molecule has 1 unspecified atom stereocenters. The number of rotatable bonds is 4. The zero-order valence-electron chi connectivity index (χ0n) is 9.95. The Balaban J connectivity index is 2.30. The first-order valence-corrected chi connectivity index (χ1v) is 6.16. The minimum atomic E-state index is -4.03. The van der Waals surface area contributed by atoms with Crippen molar-refractivity contribution in [3.63, 3.8) is 0 Å². The molecule has 1 rings (SSSR count). The Labute approximate surface area is 95.6 Å². The molecule has 1 fully saturated rings. The van der Waals surface area contributed by atoms with Gasteiger partial charge in [-0.25, -0.2) is 0 Å². The molecule has 0 heterocycles. The van der Waals surface area contributed by atoms with Crippen LogP contribution in [0.1, 0.15) is 58.3 Å². The van der Waals surface area contributed by atoms with Crippen LogP contribution in [0.25, 0.3) is 0 Å². The molecule has 0 aliphatic heterocycles. The summed E-state index contributed by atoms with van der Waals surface area (Å²) in [7, 11) is 0. The summed E-state index contributed by atoms with van der Waals surface area (Å²) in [6, 6.07) is -0.0739. The molecule has 0 aromatic carbocycles. The van der Waals surface area contributed by atoms with Gasteiger partial charge in [-0.2, -0.15) is 13.2 Å². The third-order valence-electron chi connectivity index (χ3n) is 3.87. The Bertz CT molecular complexity index is 207. The quantitative estimate of drug-likeness (QED) is 0.785. The predicted octanol–water partition coefficient (Wildman–Crippen LogP) is 4.02. The smallest absolute Gasteiger partial charge is 0.327 e. The van der Waals surface area contributed by atoms with Crippen LogP contribution < -0.4 is 5.73 Å². The first kappa shape index (κ1) is 13.8. The van der Waals surface area contributed by atoms with Crippen molar-refractivity contribution in [3.8, 4) is 0 Å². The van der Waals surface area contributed by atoms with E-state index in [4.69, 9.17) is 5.73 Å². The molecule has 16 heavy (non-hydrogen) atoms. The lowest BCUT2D eigenvalue weighted by Gasteiger charge is -2.39. The fourth-order valence-electron chi connectivity index (χ4n) is 2.60. The molecule has 0 aromatic rings. The first-order valence-electron chi connectivity index (χ1n) is 6.16. The zero-order valence-corrected chi connectivity index (χ0v) is 9.95. The second-order valence-corrected chi connectivity index (χ2v) is 5.33. The van der Waals surface area contributed by atoms with Gasteiger partial charge in [0.1, 0.15) is 0 Å². The number of halogens is 3. The van der Waals surface area contributed by atoms with Crippen molar-refractivity contribution in [3.05, 3.63) is 0 Å². The Hall–Kier alpha value is -0.250. The molecule has 96 valence electrons. The van der Waals surface area contributed by atoms with Gasteiger partial charge in [-0.3, -0.25) is 0 Å².